The third-order valence-electron chi connectivity index (χ3n) is 6.80. The maximum Gasteiger partial charge on any atom is 0.258 e. The minimum atomic E-state index is -0.598. The maximum atomic E-state index is 14.6. The first kappa shape index (κ1) is 30.3. The normalized spacial score (nSPS) is 13.0. The van der Waals surface area contributed by atoms with Gasteiger partial charge < -0.3 is 10.2 Å². The van der Waals surface area contributed by atoms with Crippen LogP contribution in [-0.2, 0) is 6.54 Å². The van der Waals surface area contributed by atoms with E-state index in [4.69, 9.17) is 0 Å². The lowest BCUT2D eigenvalue weighted by Crippen LogP contribution is -2.45. The van der Waals surface area contributed by atoms with Gasteiger partial charge in [0, 0.05) is 52.5 Å². The van der Waals surface area contributed by atoms with Crippen LogP contribution in [0.15, 0.2) is 84.9 Å². The van der Waals surface area contributed by atoms with Crippen molar-refractivity contribution in [2.75, 3.05) is 36.4 Å². The second-order valence-electron chi connectivity index (χ2n) is 9.31. The van der Waals surface area contributed by atoms with Gasteiger partial charge in [0.05, 0.1) is 11.3 Å². The Morgan fingerprint density at radius 1 is 0.881 bits per heavy atom. The van der Waals surface area contributed by atoms with Crippen LogP contribution in [0, 0.1) is 5.82 Å². The molecule has 0 aliphatic carbocycles. The Labute approximate surface area is 249 Å². The van der Waals surface area contributed by atoms with Crippen molar-refractivity contribution in [2.24, 2.45) is 0 Å². The molecule has 5 aromatic rings. The first-order valence-corrected chi connectivity index (χ1v) is 14.5. The fraction of sp³-hybridized carbons (Fsp3) is 0.273. The lowest BCUT2D eigenvalue weighted by atomic mass is 10.1. The second kappa shape index (κ2) is 14.8. The highest BCUT2D eigenvalue weighted by molar-refractivity contribution is 6.05. The maximum absolute atomic E-state index is 14.6. The third kappa shape index (κ3) is 7.36. The van der Waals surface area contributed by atoms with Crippen molar-refractivity contribution in [1.82, 2.24) is 25.3 Å². The monoisotopic (exact) mass is 571 g/mol. The summed E-state index contributed by atoms with van der Waals surface area (Å²) in [7, 11) is 0. The number of hydrogen-bond acceptors (Lipinski definition) is 6. The van der Waals surface area contributed by atoms with Gasteiger partial charge in [0.15, 0.2) is 0 Å². The Balaban J connectivity index is 0.00000108. The molecule has 3 aromatic carbocycles. The van der Waals surface area contributed by atoms with E-state index in [0.717, 1.165) is 38.4 Å². The van der Waals surface area contributed by atoms with Gasteiger partial charge in [0.1, 0.15) is 11.3 Å². The molecule has 0 unspecified atom stereocenters. The van der Waals surface area contributed by atoms with E-state index in [1.807, 2.05) is 58.0 Å². The minimum absolute atomic E-state index is 0. The molecule has 1 saturated heterocycles. The zero-order valence-electron chi connectivity index (χ0n) is 24.6. The number of pyridine rings is 1. The molecule has 0 radical (unpaired) electrons. The number of aromatic amines is 1. The summed E-state index contributed by atoms with van der Waals surface area (Å²) in [6, 6.07) is 26.1. The Morgan fingerprint density at radius 2 is 1.60 bits per heavy atom. The van der Waals surface area contributed by atoms with Gasteiger partial charge >= 0.3 is 0 Å². The third-order valence-corrected chi connectivity index (χ3v) is 6.80. The van der Waals surface area contributed by atoms with E-state index in [2.05, 4.69) is 59.8 Å². The molecule has 0 spiro atoms. The van der Waals surface area contributed by atoms with Crippen molar-refractivity contribution < 1.29 is 12.0 Å². The molecule has 6 rings (SSSR count). The summed E-state index contributed by atoms with van der Waals surface area (Å²) in [6.07, 6.45) is 0. The molecule has 3 heterocycles. The number of benzene rings is 3. The Morgan fingerprint density at radius 3 is 2.31 bits per heavy atom. The number of H-pyrrole nitrogens is 1. The van der Waals surface area contributed by atoms with Gasteiger partial charge in [-0.15, -0.1) is 5.10 Å². The Hall–Kier alpha value is -4.63. The summed E-state index contributed by atoms with van der Waals surface area (Å²) < 4.78 is 14.6. The standard InChI is InChI=1S/C29H26FN7O.2C2H6.2H2/c30-25-11-6-21(26-12-13-27-28(32-26)34-35-33-27)18-24(25)29(38)31-22-7-9-23(10-8-22)37-16-14-36(15-17-37)19-20-4-2-1-3-5-20;2*1-2;;/h1-13,18H,14-17,19H2,(H,31,38)(H,32,33,34,35);2*1-2H3;2*1H. The zero-order valence-corrected chi connectivity index (χ0v) is 24.6. The van der Waals surface area contributed by atoms with Crippen LogP contribution in [0.2, 0.25) is 0 Å². The molecule has 222 valence electrons. The lowest BCUT2D eigenvalue weighted by Gasteiger charge is -2.36. The molecule has 1 aliphatic rings. The molecular weight excluding hydrogens is 529 g/mol. The summed E-state index contributed by atoms with van der Waals surface area (Å²) in [5.74, 6) is -1.12. The number of nitrogens with zero attached hydrogens (tertiary/aromatic N) is 5. The quantitative estimate of drug-likeness (QED) is 0.223. The molecule has 1 aliphatic heterocycles. The van der Waals surface area contributed by atoms with E-state index in [9.17, 15) is 9.18 Å². The summed E-state index contributed by atoms with van der Waals surface area (Å²) in [5, 5.41) is 13.3. The number of fused-ring (bicyclic) bond motifs is 1. The van der Waals surface area contributed by atoms with Crippen molar-refractivity contribution >= 4 is 28.4 Å². The summed E-state index contributed by atoms with van der Waals surface area (Å²) in [5.41, 5.74) is 5.26. The first-order chi connectivity index (χ1) is 20.6. The highest BCUT2D eigenvalue weighted by Gasteiger charge is 2.18. The molecule has 1 fully saturated rings. The summed E-state index contributed by atoms with van der Waals surface area (Å²) in [6.45, 7) is 12.8. The lowest BCUT2D eigenvalue weighted by molar-refractivity contribution is 0.102. The van der Waals surface area contributed by atoms with Crippen molar-refractivity contribution in [3.05, 3.63) is 102 Å². The molecule has 0 atom stereocenters. The summed E-state index contributed by atoms with van der Waals surface area (Å²) >= 11 is 0. The van der Waals surface area contributed by atoms with Gasteiger partial charge in [-0.1, -0.05) is 58.0 Å². The van der Waals surface area contributed by atoms with Crippen molar-refractivity contribution in [3.63, 3.8) is 0 Å². The number of piperazine rings is 1. The zero-order chi connectivity index (χ0) is 29.9. The molecule has 1 amide bonds. The van der Waals surface area contributed by atoms with Gasteiger partial charge in [-0.2, -0.15) is 10.3 Å². The highest BCUT2D eigenvalue weighted by atomic mass is 19.1. The molecule has 8 nitrogen and oxygen atoms in total. The average Bonchev–Trinajstić information content (AvgIpc) is 3.53. The van der Waals surface area contributed by atoms with Gasteiger partial charge in [0.2, 0.25) is 5.65 Å². The molecule has 0 saturated carbocycles. The van der Waals surface area contributed by atoms with E-state index >= 15 is 0 Å². The molecule has 2 N–H and O–H groups in total. The molecule has 2 aromatic heterocycles. The van der Waals surface area contributed by atoms with Crippen molar-refractivity contribution in [1.29, 1.82) is 0 Å². The van der Waals surface area contributed by atoms with E-state index in [0.29, 0.717) is 28.1 Å². The topological polar surface area (TPSA) is 90.0 Å². The molecular formula is C33H42FN7O. The Bertz CT molecular complexity index is 1570. The summed E-state index contributed by atoms with van der Waals surface area (Å²) in [4.78, 5) is 22.2. The number of aromatic nitrogens is 4. The minimum Gasteiger partial charge on any atom is -0.369 e. The molecule has 0 bridgehead atoms. The fourth-order valence-electron chi connectivity index (χ4n) is 4.72. The van der Waals surface area contributed by atoms with E-state index < -0.39 is 11.7 Å². The van der Waals surface area contributed by atoms with E-state index in [-0.39, 0.29) is 8.42 Å². The SMILES string of the molecule is CC.CC.O=C(Nc1ccc(N2CCN(Cc3ccccc3)CC2)cc1)c1cc(-c2ccc3n[nH]nc3n2)ccc1F.[HH].[HH]. The number of carbonyl (C=O) groups excluding carboxylic acids is 1. The largest absolute Gasteiger partial charge is 0.369 e. The smallest absolute Gasteiger partial charge is 0.258 e. The average molecular weight is 572 g/mol. The van der Waals surface area contributed by atoms with Gasteiger partial charge in [-0.3, -0.25) is 9.69 Å². The van der Waals surface area contributed by atoms with Crippen LogP contribution in [0.5, 0.6) is 0 Å². The van der Waals surface area contributed by atoms with E-state index in [1.54, 1.807) is 18.2 Å². The van der Waals surface area contributed by atoms with Crippen LogP contribution in [0.4, 0.5) is 15.8 Å². The van der Waals surface area contributed by atoms with Crippen molar-refractivity contribution in [3.8, 4) is 11.3 Å². The van der Waals surface area contributed by atoms with Crippen LogP contribution in [0.3, 0.4) is 0 Å². The van der Waals surface area contributed by atoms with Crippen LogP contribution in [-0.4, -0.2) is 57.4 Å². The molecule has 9 heteroatoms. The van der Waals surface area contributed by atoms with Gasteiger partial charge in [-0.05, 0) is 60.2 Å². The van der Waals surface area contributed by atoms with Crippen LogP contribution >= 0.6 is 0 Å². The number of rotatable bonds is 6. The van der Waals surface area contributed by atoms with Crippen LogP contribution < -0.4 is 10.2 Å². The van der Waals surface area contributed by atoms with E-state index in [1.165, 1.54) is 17.7 Å². The fourth-order valence-corrected chi connectivity index (χ4v) is 4.72. The Kier molecular flexibility index (Phi) is 10.7. The second-order valence-corrected chi connectivity index (χ2v) is 9.31. The van der Waals surface area contributed by atoms with Gasteiger partial charge in [-0.25, -0.2) is 9.37 Å². The van der Waals surface area contributed by atoms with Crippen LogP contribution in [0.25, 0.3) is 22.4 Å². The predicted molar refractivity (Wildman–Crippen MR) is 172 cm³/mol. The van der Waals surface area contributed by atoms with Gasteiger partial charge in [0.25, 0.3) is 5.91 Å². The number of amides is 1. The number of carbonyl (C=O) groups is 1. The molecule has 42 heavy (non-hydrogen) atoms. The highest BCUT2D eigenvalue weighted by Crippen LogP contribution is 2.24. The number of halogens is 1. The van der Waals surface area contributed by atoms with Crippen LogP contribution in [0.1, 0.15) is 46.5 Å². The number of nitrogens with one attached hydrogen (secondary N) is 2. The predicted octanol–water partition coefficient (Wildman–Crippen LogP) is 7.28. The van der Waals surface area contributed by atoms with Crippen molar-refractivity contribution in [2.45, 2.75) is 34.2 Å². The number of anilines is 2. The number of hydrogen-bond donors (Lipinski definition) is 2. The first-order valence-electron chi connectivity index (χ1n) is 14.5.